The molecule has 2 aromatic rings. The second-order valence-corrected chi connectivity index (χ2v) is 5.05. The molecular weight excluding hydrogens is 250 g/mol. The summed E-state index contributed by atoms with van der Waals surface area (Å²) >= 11 is 0. The highest BCUT2D eigenvalue weighted by Crippen LogP contribution is 2.20. The van der Waals surface area contributed by atoms with Crippen molar-refractivity contribution in [3.63, 3.8) is 0 Å². The molecule has 0 spiro atoms. The summed E-state index contributed by atoms with van der Waals surface area (Å²) in [5.41, 5.74) is 3.23. The average molecular weight is 271 g/mol. The summed E-state index contributed by atoms with van der Waals surface area (Å²) in [4.78, 5) is 2.13. The molecule has 0 aliphatic heterocycles. The van der Waals surface area contributed by atoms with Gasteiger partial charge in [0.05, 0.1) is 6.61 Å². The number of hydrogen-bond donors (Lipinski definition) is 2. The van der Waals surface area contributed by atoms with Gasteiger partial charge >= 0.3 is 0 Å². The Morgan fingerprint density at radius 1 is 1.00 bits per heavy atom. The van der Waals surface area contributed by atoms with Gasteiger partial charge < -0.3 is 10.2 Å². The quantitative estimate of drug-likeness (QED) is 0.849. The summed E-state index contributed by atoms with van der Waals surface area (Å²) in [5.74, 6) is 0.312. The molecule has 106 valence electrons. The van der Waals surface area contributed by atoms with Crippen molar-refractivity contribution in [1.82, 2.24) is 4.90 Å². The van der Waals surface area contributed by atoms with Crippen molar-refractivity contribution in [2.45, 2.75) is 20.0 Å². The molecule has 0 fully saturated rings. The third kappa shape index (κ3) is 4.08. The van der Waals surface area contributed by atoms with Gasteiger partial charge in [0.15, 0.2) is 0 Å². The molecule has 20 heavy (non-hydrogen) atoms. The van der Waals surface area contributed by atoms with Crippen molar-refractivity contribution in [3.8, 4) is 5.75 Å². The van der Waals surface area contributed by atoms with Crippen molar-refractivity contribution in [3.05, 3.63) is 65.2 Å². The predicted molar refractivity (Wildman–Crippen MR) is 80.5 cm³/mol. The maximum Gasteiger partial charge on any atom is 0.120 e. The first kappa shape index (κ1) is 14.6. The summed E-state index contributed by atoms with van der Waals surface area (Å²) < 4.78 is 0. The molecule has 0 unspecified atom stereocenters. The largest absolute Gasteiger partial charge is 0.508 e. The Bertz CT molecular complexity index is 540. The van der Waals surface area contributed by atoms with Gasteiger partial charge in [0.1, 0.15) is 5.75 Å². The predicted octanol–water partition coefficient (Wildman–Crippen LogP) is 2.70. The Morgan fingerprint density at radius 3 is 2.45 bits per heavy atom. The zero-order valence-corrected chi connectivity index (χ0v) is 11.8. The monoisotopic (exact) mass is 271 g/mol. The number of aryl methyl sites for hydroxylation is 1. The highest BCUT2D eigenvalue weighted by atomic mass is 16.3. The highest BCUT2D eigenvalue weighted by molar-refractivity contribution is 5.35. The van der Waals surface area contributed by atoms with Crippen molar-refractivity contribution < 1.29 is 10.2 Å². The third-order valence-electron chi connectivity index (χ3n) is 3.29. The SMILES string of the molecule is Cc1ccc(O)c(CN(CCO)Cc2ccccc2)c1. The van der Waals surface area contributed by atoms with Crippen LogP contribution in [-0.2, 0) is 13.1 Å². The Balaban J connectivity index is 2.11. The zero-order valence-electron chi connectivity index (χ0n) is 11.8. The van der Waals surface area contributed by atoms with Crippen LogP contribution >= 0.6 is 0 Å². The smallest absolute Gasteiger partial charge is 0.120 e. The molecular formula is C17H21NO2. The number of benzene rings is 2. The van der Waals surface area contributed by atoms with Crippen LogP contribution in [0.4, 0.5) is 0 Å². The molecule has 3 nitrogen and oxygen atoms in total. The maximum atomic E-state index is 9.93. The van der Waals surface area contributed by atoms with E-state index in [2.05, 4.69) is 17.0 Å². The molecule has 0 aliphatic rings. The van der Waals surface area contributed by atoms with E-state index in [1.807, 2.05) is 37.3 Å². The van der Waals surface area contributed by atoms with Crippen LogP contribution in [0.5, 0.6) is 5.75 Å². The summed E-state index contributed by atoms with van der Waals surface area (Å²) in [6.45, 7) is 4.09. The van der Waals surface area contributed by atoms with Gasteiger partial charge in [-0.1, -0.05) is 48.0 Å². The minimum absolute atomic E-state index is 0.111. The van der Waals surface area contributed by atoms with Crippen molar-refractivity contribution in [1.29, 1.82) is 0 Å². The summed E-state index contributed by atoms with van der Waals surface area (Å²) in [6, 6.07) is 15.8. The standard InChI is InChI=1S/C17H21NO2/c1-14-7-8-17(20)16(11-14)13-18(9-10-19)12-15-5-3-2-4-6-15/h2-8,11,19-20H,9-10,12-13H2,1H3. The minimum Gasteiger partial charge on any atom is -0.508 e. The normalized spacial score (nSPS) is 10.9. The van der Waals surface area contributed by atoms with Crippen LogP contribution in [0.2, 0.25) is 0 Å². The molecule has 0 aromatic heterocycles. The molecule has 0 saturated heterocycles. The number of nitrogens with zero attached hydrogens (tertiary/aromatic N) is 1. The van der Waals surface area contributed by atoms with E-state index in [0.717, 1.165) is 17.7 Å². The van der Waals surface area contributed by atoms with E-state index in [1.54, 1.807) is 6.07 Å². The van der Waals surface area contributed by atoms with E-state index in [9.17, 15) is 10.2 Å². The fourth-order valence-electron chi connectivity index (χ4n) is 2.28. The van der Waals surface area contributed by atoms with Crippen LogP contribution in [0.15, 0.2) is 48.5 Å². The van der Waals surface area contributed by atoms with Crippen LogP contribution in [0.1, 0.15) is 16.7 Å². The highest BCUT2D eigenvalue weighted by Gasteiger charge is 2.09. The number of aromatic hydroxyl groups is 1. The molecule has 2 aromatic carbocycles. The van der Waals surface area contributed by atoms with Gasteiger partial charge in [0.25, 0.3) is 0 Å². The van der Waals surface area contributed by atoms with Crippen LogP contribution < -0.4 is 0 Å². The first-order valence-electron chi connectivity index (χ1n) is 6.84. The Kier molecular flexibility index (Phi) is 5.16. The van der Waals surface area contributed by atoms with Gasteiger partial charge in [-0.3, -0.25) is 4.90 Å². The van der Waals surface area contributed by atoms with Crippen LogP contribution in [0.3, 0.4) is 0 Å². The van der Waals surface area contributed by atoms with E-state index in [-0.39, 0.29) is 6.61 Å². The summed E-state index contributed by atoms with van der Waals surface area (Å²) in [6.07, 6.45) is 0. The molecule has 0 atom stereocenters. The second-order valence-electron chi connectivity index (χ2n) is 5.05. The Labute approximate surface area is 120 Å². The maximum absolute atomic E-state index is 9.93. The fourth-order valence-corrected chi connectivity index (χ4v) is 2.28. The van der Waals surface area contributed by atoms with Crippen LogP contribution in [0.25, 0.3) is 0 Å². The molecule has 2 rings (SSSR count). The third-order valence-corrected chi connectivity index (χ3v) is 3.29. The number of aliphatic hydroxyl groups is 1. The van der Waals surface area contributed by atoms with Gasteiger partial charge in [-0.25, -0.2) is 0 Å². The van der Waals surface area contributed by atoms with E-state index in [1.165, 1.54) is 5.56 Å². The van der Waals surface area contributed by atoms with E-state index in [4.69, 9.17) is 0 Å². The van der Waals surface area contributed by atoms with Crippen molar-refractivity contribution in [2.24, 2.45) is 0 Å². The lowest BCUT2D eigenvalue weighted by atomic mass is 10.1. The molecule has 0 aliphatic carbocycles. The first-order valence-corrected chi connectivity index (χ1v) is 6.84. The lowest BCUT2D eigenvalue weighted by Gasteiger charge is -2.22. The second kappa shape index (κ2) is 7.08. The Hall–Kier alpha value is -1.84. The van der Waals surface area contributed by atoms with Gasteiger partial charge in [-0.2, -0.15) is 0 Å². The molecule has 0 radical (unpaired) electrons. The fraction of sp³-hybridized carbons (Fsp3) is 0.294. The molecule has 3 heteroatoms. The van der Waals surface area contributed by atoms with Gasteiger partial charge in [-0.15, -0.1) is 0 Å². The zero-order chi connectivity index (χ0) is 14.4. The summed E-state index contributed by atoms with van der Waals surface area (Å²) in [5, 5.41) is 19.1. The summed E-state index contributed by atoms with van der Waals surface area (Å²) in [7, 11) is 0. The molecule has 0 amide bonds. The van der Waals surface area contributed by atoms with E-state index in [0.29, 0.717) is 18.8 Å². The minimum atomic E-state index is 0.111. The first-order chi connectivity index (χ1) is 9.69. The molecule has 0 saturated carbocycles. The number of rotatable bonds is 6. The van der Waals surface area contributed by atoms with Crippen LogP contribution in [0, 0.1) is 6.92 Å². The van der Waals surface area contributed by atoms with E-state index >= 15 is 0 Å². The van der Waals surface area contributed by atoms with Gasteiger partial charge in [0, 0.05) is 25.2 Å². The average Bonchev–Trinajstić information content (AvgIpc) is 2.44. The molecule has 0 heterocycles. The lowest BCUT2D eigenvalue weighted by Crippen LogP contribution is -2.26. The van der Waals surface area contributed by atoms with Crippen molar-refractivity contribution in [2.75, 3.05) is 13.2 Å². The molecule has 0 bridgehead atoms. The molecule has 2 N–H and O–H groups in total. The van der Waals surface area contributed by atoms with Crippen LogP contribution in [-0.4, -0.2) is 28.3 Å². The van der Waals surface area contributed by atoms with E-state index < -0.39 is 0 Å². The van der Waals surface area contributed by atoms with Gasteiger partial charge in [-0.05, 0) is 18.6 Å². The number of hydrogen-bond acceptors (Lipinski definition) is 3. The Morgan fingerprint density at radius 2 is 1.75 bits per heavy atom. The van der Waals surface area contributed by atoms with Gasteiger partial charge in [0.2, 0.25) is 0 Å². The number of phenolic OH excluding ortho intramolecular Hbond substituents is 1. The van der Waals surface area contributed by atoms with Crippen molar-refractivity contribution >= 4 is 0 Å². The lowest BCUT2D eigenvalue weighted by molar-refractivity contribution is 0.183. The topological polar surface area (TPSA) is 43.7 Å². The number of aliphatic hydroxyl groups excluding tert-OH is 1. The number of phenols is 1.